The quantitative estimate of drug-likeness (QED) is 0.349. The van der Waals surface area contributed by atoms with Crippen molar-refractivity contribution in [2.75, 3.05) is 60.0 Å². The van der Waals surface area contributed by atoms with Crippen LogP contribution in [0.5, 0.6) is 0 Å². The van der Waals surface area contributed by atoms with E-state index in [0.29, 0.717) is 62.6 Å². The topological polar surface area (TPSA) is 46.2 Å². The van der Waals surface area contributed by atoms with Gasteiger partial charge < -0.3 is 23.4 Å². The lowest BCUT2D eigenvalue weighted by atomic mass is 10.7. The first-order chi connectivity index (χ1) is 7.91. The van der Waals surface area contributed by atoms with Gasteiger partial charge in [-0.2, -0.15) is 0 Å². The maximum atomic E-state index is 5.29. The van der Waals surface area contributed by atoms with E-state index in [4.69, 9.17) is 23.4 Å². The molecule has 0 aromatic carbocycles. The summed E-state index contributed by atoms with van der Waals surface area (Å²) in [7, 11) is 2.18. The fourth-order valence-corrected chi connectivity index (χ4v) is 1.17. The van der Waals surface area contributed by atoms with Crippen molar-refractivity contribution >= 4 is 9.76 Å². The van der Waals surface area contributed by atoms with E-state index in [-0.39, 0.29) is 0 Å². The van der Waals surface area contributed by atoms with Crippen LogP contribution in [0.2, 0.25) is 6.55 Å². The van der Waals surface area contributed by atoms with Crippen LogP contribution in [-0.2, 0) is 23.4 Å². The molecule has 6 heteroatoms. The highest BCUT2D eigenvalue weighted by Crippen LogP contribution is 1.82. The van der Waals surface area contributed by atoms with Crippen LogP contribution >= 0.6 is 0 Å². The van der Waals surface area contributed by atoms with E-state index in [2.05, 4.69) is 0 Å². The smallest absolute Gasteiger partial charge is 0.226 e. The third-order valence-corrected chi connectivity index (χ3v) is 2.14. The first-order valence-electron chi connectivity index (χ1n) is 5.42. The number of hydrogen-bond donors (Lipinski definition) is 0. The average Bonchev–Trinajstić information content (AvgIpc) is 2.31. The lowest BCUT2D eigenvalue weighted by Crippen LogP contribution is -2.13. The molecule has 0 atom stereocenters. The Morgan fingerprint density at radius 1 is 0.688 bits per heavy atom. The third-order valence-electron chi connectivity index (χ3n) is 1.65. The van der Waals surface area contributed by atoms with Crippen molar-refractivity contribution < 1.29 is 23.4 Å². The molecule has 96 valence electrons. The molecule has 0 saturated heterocycles. The number of ether oxygens (including phenoxy) is 4. The second-order valence-corrected chi connectivity index (χ2v) is 3.58. The molecular weight excluding hydrogens is 228 g/mol. The number of hydrogen-bond acceptors (Lipinski definition) is 5. The summed E-state index contributed by atoms with van der Waals surface area (Å²) in [6.07, 6.45) is 0. The van der Waals surface area contributed by atoms with Crippen molar-refractivity contribution in [3.05, 3.63) is 0 Å². The highest BCUT2D eigenvalue weighted by Gasteiger charge is 1.91. The molecular formula is C10H22O5Si. The van der Waals surface area contributed by atoms with Crippen LogP contribution < -0.4 is 0 Å². The van der Waals surface area contributed by atoms with Crippen molar-refractivity contribution in [3.8, 4) is 0 Å². The van der Waals surface area contributed by atoms with E-state index < -0.39 is 0 Å². The van der Waals surface area contributed by atoms with Gasteiger partial charge in [-0.1, -0.05) is 0 Å². The molecule has 2 radical (unpaired) electrons. The lowest BCUT2D eigenvalue weighted by Gasteiger charge is -2.06. The van der Waals surface area contributed by atoms with E-state index in [1.54, 1.807) is 7.11 Å². The van der Waals surface area contributed by atoms with Gasteiger partial charge in [0.15, 0.2) is 0 Å². The summed E-state index contributed by atoms with van der Waals surface area (Å²) in [4.78, 5) is 0. The Morgan fingerprint density at radius 3 is 1.56 bits per heavy atom. The van der Waals surface area contributed by atoms with Crippen LogP contribution in [0.3, 0.4) is 0 Å². The molecule has 0 N–H and O–H groups in total. The average molecular weight is 250 g/mol. The Balaban J connectivity index is 2.83. The molecule has 0 fully saturated rings. The van der Waals surface area contributed by atoms with Crippen molar-refractivity contribution in [2.24, 2.45) is 0 Å². The van der Waals surface area contributed by atoms with Gasteiger partial charge in [0.25, 0.3) is 0 Å². The minimum atomic E-state index is 0.531. The molecule has 0 bridgehead atoms. The first kappa shape index (κ1) is 16.0. The maximum Gasteiger partial charge on any atom is 0.226 e. The standard InChI is InChI=1S/C10H22O5Si/c1-11-3-4-12-5-6-13-7-8-14-9-10-15-16-2/h3-10H2,1-2H3. The predicted octanol–water partition coefficient (Wildman–Crippen LogP) is 0.367. The summed E-state index contributed by atoms with van der Waals surface area (Å²) in [5, 5.41) is 0. The van der Waals surface area contributed by atoms with Crippen LogP contribution in [0, 0.1) is 0 Å². The van der Waals surface area contributed by atoms with Crippen LogP contribution in [0.4, 0.5) is 0 Å². The van der Waals surface area contributed by atoms with Crippen LogP contribution in [-0.4, -0.2) is 69.7 Å². The SMILES string of the molecule is COCCOCCOCCOCCO[Si]C. The number of methoxy groups -OCH3 is 1. The molecule has 0 amide bonds. The summed E-state index contributed by atoms with van der Waals surface area (Å²) in [6.45, 7) is 6.93. The van der Waals surface area contributed by atoms with Gasteiger partial charge in [0.2, 0.25) is 9.76 Å². The molecule has 0 rings (SSSR count). The predicted molar refractivity (Wildman–Crippen MR) is 61.9 cm³/mol. The van der Waals surface area contributed by atoms with Crippen molar-refractivity contribution in [3.63, 3.8) is 0 Å². The lowest BCUT2D eigenvalue weighted by molar-refractivity contribution is 0.000288. The van der Waals surface area contributed by atoms with Gasteiger partial charge in [-0.25, -0.2) is 0 Å². The van der Waals surface area contributed by atoms with Gasteiger partial charge in [0.1, 0.15) is 0 Å². The second-order valence-electron chi connectivity index (χ2n) is 2.88. The zero-order valence-corrected chi connectivity index (χ0v) is 11.2. The highest BCUT2D eigenvalue weighted by molar-refractivity contribution is 6.24. The Kier molecular flexibility index (Phi) is 15.0. The van der Waals surface area contributed by atoms with Crippen molar-refractivity contribution in [1.82, 2.24) is 0 Å². The molecule has 0 spiro atoms. The first-order valence-corrected chi connectivity index (χ1v) is 6.83. The summed E-state index contributed by atoms with van der Waals surface area (Å²) in [5.74, 6) is 0. The van der Waals surface area contributed by atoms with Crippen LogP contribution in [0.25, 0.3) is 0 Å². The van der Waals surface area contributed by atoms with E-state index in [1.165, 1.54) is 0 Å². The molecule has 0 aliphatic heterocycles. The minimum Gasteiger partial charge on any atom is -0.415 e. The Bertz CT molecular complexity index is 112. The fraction of sp³-hybridized carbons (Fsp3) is 1.00. The number of rotatable bonds is 13. The third kappa shape index (κ3) is 14.0. The van der Waals surface area contributed by atoms with Crippen molar-refractivity contribution in [1.29, 1.82) is 0 Å². The Hall–Kier alpha value is 0.0169. The Labute approximate surface area is 100 Å². The zero-order valence-electron chi connectivity index (χ0n) is 10.2. The maximum absolute atomic E-state index is 5.29. The minimum absolute atomic E-state index is 0.531. The van der Waals surface area contributed by atoms with E-state index in [9.17, 15) is 0 Å². The molecule has 0 aromatic heterocycles. The molecule has 0 unspecified atom stereocenters. The molecule has 0 saturated carbocycles. The van der Waals surface area contributed by atoms with Gasteiger partial charge >= 0.3 is 0 Å². The van der Waals surface area contributed by atoms with Gasteiger partial charge in [-0.3, -0.25) is 0 Å². The molecule has 0 aliphatic carbocycles. The summed E-state index contributed by atoms with van der Waals surface area (Å²) in [5.41, 5.74) is 0. The van der Waals surface area contributed by atoms with Crippen LogP contribution in [0.15, 0.2) is 0 Å². The summed E-state index contributed by atoms with van der Waals surface area (Å²) < 4.78 is 25.8. The second kappa shape index (κ2) is 15.0. The monoisotopic (exact) mass is 250 g/mol. The van der Waals surface area contributed by atoms with E-state index >= 15 is 0 Å². The molecule has 16 heavy (non-hydrogen) atoms. The van der Waals surface area contributed by atoms with Crippen molar-refractivity contribution in [2.45, 2.75) is 6.55 Å². The molecule has 0 aliphatic rings. The van der Waals surface area contributed by atoms with Gasteiger partial charge in [-0.05, 0) is 6.55 Å². The van der Waals surface area contributed by atoms with E-state index in [1.807, 2.05) is 6.55 Å². The fourth-order valence-electron chi connectivity index (χ4n) is 0.887. The van der Waals surface area contributed by atoms with Crippen LogP contribution in [0.1, 0.15) is 0 Å². The highest BCUT2D eigenvalue weighted by atomic mass is 28.2. The molecule has 0 heterocycles. The van der Waals surface area contributed by atoms with Gasteiger partial charge in [0.05, 0.1) is 52.9 Å². The molecule has 5 nitrogen and oxygen atoms in total. The zero-order chi connectivity index (χ0) is 11.9. The largest absolute Gasteiger partial charge is 0.415 e. The normalized spacial score (nSPS) is 10.9. The van der Waals surface area contributed by atoms with E-state index in [0.717, 1.165) is 0 Å². The van der Waals surface area contributed by atoms with Gasteiger partial charge in [0, 0.05) is 7.11 Å². The summed E-state index contributed by atoms with van der Waals surface area (Å²) >= 11 is 0. The summed E-state index contributed by atoms with van der Waals surface area (Å²) in [6, 6.07) is 0. The molecule has 0 aromatic rings. The Morgan fingerprint density at radius 2 is 1.12 bits per heavy atom. The van der Waals surface area contributed by atoms with Gasteiger partial charge in [-0.15, -0.1) is 0 Å².